The molecular weight excluding hydrogens is 340 g/mol. The molecule has 1 amide bonds. The lowest BCUT2D eigenvalue weighted by Gasteiger charge is -1.99. The highest BCUT2D eigenvalue weighted by Gasteiger charge is 2.24. The quantitative estimate of drug-likeness (QED) is 0.711. The van der Waals surface area contributed by atoms with E-state index >= 15 is 0 Å². The number of thiazole rings is 1. The van der Waals surface area contributed by atoms with E-state index in [9.17, 15) is 4.79 Å². The molecule has 5 nitrogen and oxygen atoms in total. The van der Waals surface area contributed by atoms with Gasteiger partial charge < -0.3 is 5.32 Å². The molecule has 0 saturated carbocycles. The fraction of sp³-hybridized carbons (Fsp3) is 0.0588. The van der Waals surface area contributed by atoms with E-state index in [1.54, 1.807) is 6.20 Å². The van der Waals surface area contributed by atoms with E-state index in [1.165, 1.54) is 23.1 Å². The number of rotatable bonds is 2. The first-order chi connectivity index (χ1) is 11.7. The highest BCUT2D eigenvalue weighted by Crippen LogP contribution is 2.29. The van der Waals surface area contributed by atoms with Crippen LogP contribution in [-0.4, -0.2) is 21.0 Å². The molecule has 4 rings (SSSR count). The minimum atomic E-state index is -0.140. The van der Waals surface area contributed by atoms with Gasteiger partial charge in [-0.2, -0.15) is 4.99 Å². The summed E-state index contributed by atoms with van der Waals surface area (Å²) >= 11 is 2.78. The molecule has 7 heteroatoms. The summed E-state index contributed by atoms with van der Waals surface area (Å²) in [4.78, 5) is 25.7. The van der Waals surface area contributed by atoms with Crippen LogP contribution in [0, 0.1) is 6.92 Å². The van der Waals surface area contributed by atoms with E-state index in [-0.39, 0.29) is 5.91 Å². The Labute approximate surface area is 146 Å². The molecule has 0 unspecified atom stereocenters. The van der Waals surface area contributed by atoms with Crippen molar-refractivity contribution in [3.05, 3.63) is 58.1 Å². The number of hydrogen-bond donors (Lipinski definition) is 1. The van der Waals surface area contributed by atoms with Crippen LogP contribution in [0.2, 0.25) is 0 Å². The number of nitrogens with one attached hydrogen (secondary N) is 1. The van der Waals surface area contributed by atoms with Gasteiger partial charge in [0.15, 0.2) is 5.17 Å². The summed E-state index contributed by atoms with van der Waals surface area (Å²) in [5.41, 5.74) is 2.82. The molecule has 3 heterocycles. The average molecular weight is 352 g/mol. The molecule has 0 bridgehead atoms. The first kappa shape index (κ1) is 15.0. The molecule has 1 aliphatic heterocycles. The number of carbonyl (C=O) groups excluding carboxylic acids is 1. The van der Waals surface area contributed by atoms with E-state index in [1.807, 2.05) is 48.7 Å². The Hall–Kier alpha value is -2.51. The van der Waals surface area contributed by atoms with E-state index in [2.05, 4.69) is 20.3 Å². The fourth-order valence-corrected chi connectivity index (χ4v) is 3.85. The third-order valence-electron chi connectivity index (χ3n) is 3.38. The molecule has 0 spiro atoms. The van der Waals surface area contributed by atoms with Gasteiger partial charge in [-0.25, -0.2) is 4.98 Å². The Morgan fingerprint density at radius 2 is 2.21 bits per heavy atom. The predicted molar refractivity (Wildman–Crippen MR) is 99.4 cm³/mol. The maximum atomic E-state index is 12.1. The van der Waals surface area contributed by atoms with E-state index < -0.39 is 0 Å². The SMILES string of the molecule is Cc1csc(/N=C2\NC(=O)/C(=C\c3ccc4ncccc4c3)S2)n1. The van der Waals surface area contributed by atoms with Crippen LogP contribution < -0.4 is 5.32 Å². The fourth-order valence-electron chi connectivity index (χ4n) is 2.30. The number of hydrogen-bond acceptors (Lipinski definition) is 6. The largest absolute Gasteiger partial charge is 0.300 e. The summed E-state index contributed by atoms with van der Waals surface area (Å²) in [6.45, 7) is 1.92. The number of nitrogens with zero attached hydrogens (tertiary/aromatic N) is 3. The summed E-state index contributed by atoms with van der Waals surface area (Å²) < 4.78 is 0. The van der Waals surface area contributed by atoms with Crippen molar-refractivity contribution in [3.8, 4) is 0 Å². The smallest absolute Gasteiger partial charge is 0.264 e. The first-order valence-electron chi connectivity index (χ1n) is 7.24. The Morgan fingerprint density at radius 1 is 1.29 bits per heavy atom. The van der Waals surface area contributed by atoms with Gasteiger partial charge in [-0.15, -0.1) is 11.3 Å². The highest BCUT2D eigenvalue weighted by molar-refractivity contribution is 8.18. The molecule has 0 aliphatic carbocycles. The van der Waals surface area contributed by atoms with Crippen LogP contribution in [0.3, 0.4) is 0 Å². The molecule has 1 N–H and O–H groups in total. The number of aliphatic imine (C=N–C) groups is 1. The zero-order valence-corrected chi connectivity index (χ0v) is 14.3. The normalized spacial score (nSPS) is 17.8. The third-order valence-corrected chi connectivity index (χ3v) is 5.14. The Balaban J connectivity index is 1.62. The predicted octanol–water partition coefficient (Wildman–Crippen LogP) is 3.89. The Bertz CT molecular complexity index is 1010. The standard InChI is InChI=1S/C17H12N4OS2/c1-10-9-23-16(19-10)21-17-20-15(22)14(24-17)8-11-4-5-13-12(7-11)3-2-6-18-13/h2-9H,1H3,(H,19,20,21,22)/b14-8+. The zero-order chi connectivity index (χ0) is 16.5. The molecule has 0 atom stereocenters. The van der Waals surface area contributed by atoms with Crippen LogP contribution in [0.1, 0.15) is 11.3 Å². The molecule has 2 aromatic heterocycles. The van der Waals surface area contributed by atoms with Crippen LogP contribution in [0.4, 0.5) is 5.13 Å². The van der Waals surface area contributed by atoms with Gasteiger partial charge >= 0.3 is 0 Å². The Kier molecular flexibility index (Phi) is 3.87. The number of pyridine rings is 1. The van der Waals surface area contributed by atoms with Gasteiger partial charge in [0, 0.05) is 17.0 Å². The van der Waals surface area contributed by atoms with E-state index in [0.717, 1.165) is 22.2 Å². The minimum absolute atomic E-state index is 0.140. The molecule has 118 valence electrons. The molecule has 1 fully saturated rings. The van der Waals surface area contributed by atoms with Crippen molar-refractivity contribution in [1.29, 1.82) is 0 Å². The second kappa shape index (κ2) is 6.18. The summed E-state index contributed by atoms with van der Waals surface area (Å²) in [7, 11) is 0. The summed E-state index contributed by atoms with van der Waals surface area (Å²) in [5.74, 6) is -0.140. The molecule has 3 aromatic rings. The van der Waals surface area contributed by atoms with E-state index in [0.29, 0.717) is 15.2 Å². The van der Waals surface area contributed by atoms with Crippen molar-refractivity contribution in [2.75, 3.05) is 0 Å². The van der Waals surface area contributed by atoms with Crippen molar-refractivity contribution in [3.63, 3.8) is 0 Å². The van der Waals surface area contributed by atoms with Crippen LogP contribution in [0.15, 0.2) is 51.8 Å². The van der Waals surface area contributed by atoms with Crippen molar-refractivity contribution in [2.24, 2.45) is 4.99 Å². The zero-order valence-electron chi connectivity index (χ0n) is 12.7. The van der Waals surface area contributed by atoms with Gasteiger partial charge in [0.2, 0.25) is 5.13 Å². The maximum absolute atomic E-state index is 12.1. The van der Waals surface area contributed by atoms with Gasteiger partial charge in [-0.3, -0.25) is 9.78 Å². The minimum Gasteiger partial charge on any atom is -0.300 e. The third kappa shape index (κ3) is 3.08. The van der Waals surface area contributed by atoms with Gasteiger partial charge in [0.05, 0.1) is 16.1 Å². The molecule has 1 saturated heterocycles. The number of benzene rings is 1. The molecular formula is C17H12N4OS2. The number of amidine groups is 1. The summed E-state index contributed by atoms with van der Waals surface area (Å²) in [6.07, 6.45) is 3.63. The lowest BCUT2D eigenvalue weighted by Crippen LogP contribution is -2.19. The van der Waals surface area contributed by atoms with Crippen molar-refractivity contribution >= 4 is 56.3 Å². The number of aryl methyl sites for hydroxylation is 1. The maximum Gasteiger partial charge on any atom is 0.264 e. The van der Waals surface area contributed by atoms with Gasteiger partial charge in [-0.1, -0.05) is 12.1 Å². The van der Waals surface area contributed by atoms with Gasteiger partial charge in [-0.05, 0) is 48.5 Å². The van der Waals surface area contributed by atoms with E-state index in [4.69, 9.17) is 0 Å². The number of fused-ring (bicyclic) bond motifs is 1. The van der Waals surface area contributed by atoms with Gasteiger partial charge in [0.1, 0.15) is 0 Å². The monoisotopic (exact) mass is 352 g/mol. The number of carbonyl (C=O) groups is 1. The van der Waals surface area contributed by atoms with Crippen LogP contribution in [-0.2, 0) is 4.79 Å². The average Bonchev–Trinajstić information content (AvgIpc) is 3.13. The number of amides is 1. The van der Waals surface area contributed by atoms with Crippen LogP contribution in [0.25, 0.3) is 17.0 Å². The number of aromatic nitrogens is 2. The molecule has 1 aromatic carbocycles. The molecule has 24 heavy (non-hydrogen) atoms. The summed E-state index contributed by atoms with van der Waals surface area (Å²) in [5, 5.41) is 6.96. The second-order valence-electron chi connectivity index (χ2n) is 5.21. The van der Waals surface area contributed by atoms with Crippen molar-refractivity contribution in [1.82, 2.24) is 15.3 Å². The second-order valence-corrected chi connectivity index (χ2v) is 7.08. The molecule has 1 aliphatic rings. The Morgan fingerprint density at radius 3 is 3.04 bits per heavy atom. The summed E-state index contributed by atoms with van der Waals surface area (Å²) in [6, 6.07) is 9.82. The first-order valence-corrected chi connectivity index (χ1v) is 8.93. The van der Waals surface area contributed by atoms with Gasteiger partial charge in [0.25, 0.3) is 5.91 Å². The van der Waals surface area contributed by atoms with Crippen LogP contribution >= 0.6 is 23.1 Å². The molecule has 0 radical (unpaired) electrons. The van der Waals surface area contributed by atoms with Crippen molar-refractivity contribution < 1.29 is 4.79 Å². The van der Waals surface area contributed by atoms with Crippen molar-refractivity contribution in [2.45, 2.75) is 6.92 Å². The van der Waals surface area contributed by atoms with Crippen LogP contribution in [0.5, 0.6) is 0 Å². The lowest BCUT2D eigenvalue weighted by molar-refractivity contribution is -0.115. The topological polar surface area (TPSA) is 67.2 Å². The lowest BCUT2D eigenvalue weighted by atomic mass is 10.1. The number of thioether (sulfide) groups is 1. The highest BCUT2D eigenvalue weighted by atomic mass is 32.2.